The molecule has 0 amide bonds. The molecule has 0 aromatic heterocycles. The van der Waals surface area contributed by atoms with Crippen LogP contribution in [0.25, 0.3) is 0 Å². The van der Waals surface area contributed by atoms with E-state index in [-0.39, 0.29) is 46.6 Å². The van der Waals surface area contributed by atoms with Crippen LogP contribution in [0.2, 0.25) is 0 Å². The van der Waals surface area contributed by atoms with Gasteiger partial charge in [-0.2, -0.15) is 0 Å². The van der Waals surface area contributed by atoms with Crippen molar-refractivity contribution in [2.45, 2.75) is 71.8 Å². The molecule has 0 aromatic carbocycles. The van der Waals surface area contributed by atoms with Crippen LogP contribution >= 0.6 is 0 Å². The molecular formula is C15H26O4Ti. The SMILES string of the molecule is CCCCCC/C=C/OC(=O)CCC(=O)OC(C)C.[Ti]. The molecule has 0 fully saturated rings. The quantitative estimate of drug-likeness (QED) is 0.266. The van der Waals surface area contributed by atoms with Crippen LogP contribution in [0.15, 0.2) is 12.3 Å². The summed E-state index contributed by atoms with van der Waals surface area (Å²) in [6, 6.07) is 0. The predicted molar refractivity (Wildman–Crippen MR) is 74.5 cm³/mol. The van der Waals surface area contributed by atoms with E-state index >= 15 is 0 Å². The van der Waals surface area contributed by atoms with Crippen molar-refractivity contribution in [2.24, 2.45) is 0 Å². The number of allylic oxidation sites excluding steroid dienone is 1. The summed E-state index contributed by atoms with van der Waals surface area (Å²) in [4.78, 5) is 22.5. The molecule has 114 valence electrons. The standard InChI is InChI=1S/C15H26O4.Ti/c1-4-5-6-7-8-9-12-18-14(16)10-11-15(17)19-13(2)3;/h9,12-13H,4-8,10-11H2,1-3H3;/b12-9+;. The second-order valence-corrected chi connectivity index (χ2v) is 4.75. The van der Waals surface area contributed by atoms with Crippen LogP contribution in [0.5, 0.6) is 0 Å². The zero-order chi connectivity index (χ0) is 14.5. The maximum Gasteiger partial charge on any atom is 0.311 e. The number of carbonyl (C=O) groups is 2. The molecular weight excluding hydrogens is 292 g/mol. The molecule has 0 atom stereocenters. The molecule has 0 rings (SSSR count). The predicted octanol–water partition coefficient (Wildman–Crippen LogP) is 3.74. The Bertz CT molecular complexity index is 288. The molecule has 0 saturated heterocycles. The third kappa shape index (κ3) is 15.5. The minimum atomic E-state index is -0.398. The van der Waals surface area contributed by atoms with Crippen molar-refractivity contribution in [1.82, 2.24) is 0 Å². The van der Waals surface area contributed by atoms with Crippen LogP contribution in [0.3, 0.4) is 0 Å². The Morgan fingerprint density at radius 1 is 1.05 bits per heavy atom. The fourth-order valence-corrected chi connectivity index (χ4v) is 1.47. The number of unbranched alkanes of at least 4 members (excludes halogenated alkanes) is 4. The van der Waals surface area contributed by atoms with Gasteiger partial charge in [0.2, 0.25) is 0 Å². The van der Waals surface area contributed by atoms with E-state index in [1.807, 2.05) is 6.08 Å². The number of ether oxygens (including phenoxy) is 2. The van der Waals surface area contributed by atoms with Gasteiger partial charge in [0.1, 0.15) is 0 Å². The molecule has 4 nitrogen and oxygen atoms in total. The zero-order valence-electron chi connectivity index (χ0n) is 12.8. The Balaban J connectivity index is 0. The van der Waals surface area contributed by atoms with Gasteiger partial charge in [0.15, 0.2) is 0 Å². The minimum absolute atomic E-state index is 0. The van der Waals surface area contributed by atoms with E-state index in [1.54, 1.807) is 13.8 Å². The summed E-state index contributed by atoms with van der Waals surface area (Å²) in [7, 11) is 0. The van der Waals surface area contributed by atoms with Crippen molar-refractivity contribution in [3.8, 4) is 0 Å². The Kier molecular flexibility index (Phi) is 16.0. The number of hydrogen-bond acceptors (Lipinski definition) is 4. The molecule has 0 N–H and O–H groups in total. The second-order valence-electron chi connectivity index (χ2n) is 4.75. The molecule has 20 heavy (non-hydrogen) atoms. The molecule has 0 aliphatic heterocycles. The van der Waals surface area contributed by atoms with Crippen molar-refractivity contribution < 1.29 is 40.8 Å². The van der Waals surface area contributed by atoms with Gasteiger partial charge in [0.25, 0.3) is 0 Å². The Morgan fingerprint density at radius 3 is 2.30 bits per heavy atom. The number of carbonyl (C=O) groups excluding carboxylic acids is 2. The minimum Gasteiger partial charge on any atom is -0.463 e. The van der Waals surface area contributed by atoms with Crippen molar-refractivity contribution in [3.05, 3.63) is 12.3 Å². The van der Waals surface area contributed by atoms with Gasteiger partial charge in [0, 0.05) is 21.7 Å². The summed E-state index contributed by atoms with van der Waals surface area (Å²) in [6.07, 6.45) is 8.94. The first kappa shape index (κ1) is 21.7. The van der Waals surface area contributed by atoms with Gasteiger partial charge >= 0.3 is 11.9 Å². The summed E-state index contributed by atoms with van der Waals surface area (Å²) in [5.74, 6) is -0.763. The zero-order valence-corrected chi connectivity index (χ0v) is 14.4. The van der Waals surface area contributed by atoms with Gasteiger partial charge in [-0.1, -0.05) is 26.2 Å². The topological polar surface area (TPSA) is 52.6 Å². The van der Waals surface area contributed by atoms with Gasteiger partial charge in [0.05, 0.1) is 25.2 Å². The summed E-state index contributed by atoms with van der Waals surface area (Å²) < 4.78 is 9.79. The maximum atomic E-state index is 11.3. The summed E-state index contributed by atoms with van der Waals surface area (Å²) in [5, 5.41) is 0. The number of esters is 2. The fraction of sp³-hybridized carbons (Fsp3) is 0.733. The van der Waals surface area contributed by atoms with Gasteiger partial charge in [-0.25, -0.2) is 0 Å². The van der Waals surface area contributed by atoms with E-state index in [1.165, 1.54) is 25.5 Å². The first-order valence-corrected chi connectivity index (χ1v) is 7.10. The van der Waals surface area contributed by atoms with Gasteiger partial charge in [-0.15, -0.1) is 0 Å². The monoisotopic (exact) mass is 318 g/mol. The summed E-state index contributed by atoms with van der Waals surface area (Å²) in [6.45, 7) is 5.72. The van der Waals surface area contributed by atoms with E-state index in [4.69, 9.17) is 9.47 Å². The molecule has 0 unspecified atom stereocenters. The normalized spacial score (nSPS) is 10.4. The van der Waals surface area contributed by atoms with Crippen LogP contribution in [-0.4, -0.2) is 18.0 Å². The molecule has 5 heteroatoms. The first-order chi connectivity index (χ1) is 9.06. The van der Waals surface area contributed by atoms with Crippen molar-refractivity contribution in [3.63, 3.8) is 0 Å². The van der Waals surface area contributed by atoms with E-state index in [2.05, 4.69) is 6.92 Å². The maximum absolute atomic E-state index is 11.3. The Hall–Kier alpha value is -0.606. The Labute approximate surface area is 137 Å². The van der Waals surface area contributed by atoms with Crippen molar-refractivity contribution in [1.29, 1.82) is 0 Å². The average Bonchev–Trinajstić information content (AvgIpc) is 2.34. The molecule has 0 aliphatic rings. The second kappa shape index (κ2) is 14.8. The Morgan fingerprint density at radius 2 is 1.70 bits per heavy atom. The first-order valence-electron chi connectivity index (χ1n) is 7.10. The van der Waals surface area contributed by atoms with Crippen LogP contribution in [0.4, 0.5) is 0 Å². The molecule has 0 heterocycles. The molecule has 0 aliphatic carbocycles. The smallest absolute Gasteiger partial charge is 0.311 e. The van der Waals surface area contributed by atoms with E-state index in [0.29, 0.717) is 0 Å². The third-order valence-corrected chi connectivity index (χ3v) is 2.42. The van der Waals surface area contributed by atoms with Gasteiger partial charge < -0.3 is 9.47 Å². The van der Waals surface area contributed by atoms with Crippen LogP contribution in [0.1, 0.15) is 65.7 Å². The van der Waals surface area contributed by atoms with Crippen LogP contribution < -0.4 is 0 Å². The number of hydrogen-bond donors (Lipinski definition) is 0. The largest absolute Gasteiger partial charge is 0.463 e. The molecule has 0 radical (unpaired) electrons. The van der Waals surface area contributed by atoms with E-state index in [0.717, 1.165) is 12.8 Å². The van der Waals surface area contributed by atoms with Crippen LogP contribution in [0, 0.1) is 0 Å². The van der Waals surface area contributed by atoms with Crippen molar-refractivity contribution in [2.75, 3.05) is 0 Å². The molecule has 0 saturated carbocycles. The molecule has 0 spiro atoms. The molecule has 0 bridgehead atoms. The third-order valence-electron chi connectivity index (χ3n) is 2.42. The fourth-order valence-electron chi connectivity index (χ4n) is 1.47. The summed E-state index contributed by atoms with van der Waals surface area (Å²) in [5.41, 5.74) is 0. The average molecular weight is 318 g/mol. The van der Waals surface area contributed by atoms with E-state index in [9.17, 15) is 9.59 Å². The van der Waals surface area contributed by atoms with E-state index < -0.39 is 5.97 Å². The van der Waals surface area contributed by atoms with Crippen molar-refractivity contribution >= 4 is 11.9 Å². The van der Waals surface area contributed by atoms with Gasteiger partial charge in [-0.3, -0.25) is 9.59 Å². The summed E-state index contributed by atoms with van der Waals surface area (Å²) >= 11 is 0. The molecule has 0 aromatic rings. The van der Waals surface area contributed by atoms with Gasteiger partial charge in [-0.05, 0) is 32.8 Å². The van der Waals surface area contributed by atoms with Crippen LogP contribution in [-0.2, 0) is 40.8 Å². The number of rotatable bonds is 10.